The second-order valence-electron chi connectivity index (χ2n) is 9.05. The summed E-state index contributed by atoms with van der Waals surface area (Å²) >= 11 is 0. The molecule has 1 amide bonds. The van der Waals surface area contributed by atoms with E-state index in [-0.39, 0.29) is 5.91 Å². The summed E-state index contributed by atoms with van der Waals surface area (Å²) in [6.07, 6.45) is 4.20. The maximum atomic E-state index is 13.4. The Morgan fingerprint density at radius 2 is 2.09 bits per heavy atom. The molecule has 8 nitrogen and oxygen atoms in total. The smallest absolute Gasteiger partial charge is 0.278 e. The summed E-state index contributed by atoms with van der Waals surface area (Å²) in [4.78, 5) is 24.8. The Hall–Kier alpha value is -3.68. The molecule has 2 aliphatic heterocycles. The topological polar surface area (TPSA) is 81.8 Å². The van der Waals surface area contributed by atoms with Crippen LogP contribution < -0.4 is 14.4 Å². The van der Waals surface area contributed by atoms with Crippen molar-refractivity contribution in [2.24, 2.45) is 18.0 Å². The maximum Gasteiger partial charge on any atom is 0.278 e. The fourth-order valence-electron chi connectivity index (χ4n) is 4.76. The van der Waals surface area contributed by atoms with Crippen LogP contribution in [0.25, 0.3) is 11.3 Å². The second-order valence-corrected chi connectivity index (χ2v) is 9.05. The molecule has 2 aromatic heterocycles. The Kier molecular flexibility index (Phi) is 5.81. The number of para-hydroxylation sites is 1. The van der Waals surface area contributed by atoms with E-state index in [9.17, 15) is 4.79 Å². The van der Waals surface area contributed by atoms with Crippen molar-refractivity contribution < 1.29 is 14.3 Å². The number of methoxy groups -OCH3 is 1. The Bertz CT molecular complexity index is 1280. The third kappa shape index (κ3) is 4.04. The van der Waals surface area contributed by atoms with E-state index in [1.165, 1.54) is 0 Å². The highest BCUT2D eigenvalue weighted by Crippen LogP contribution is 2.39. The number of anilines is 1. The summed E-state index contributed by atoms with van der Waals surface area (Å²) in [6.45, 7) is 5.42. The highest BCUT2D eigenvalue weighted by atomic mass is 16.5. The molecular weight excluding hydrogens is 430 g/mol. The van der Waals surface area contributed by atoms with Crippen LogP contribution in [0.4, 0.5) is 5.69 Å². The number of amidine groups is 1. The SMILES string of the molecule is COc1cccc2c1N1C[C@H](C)CCCOc3c(cnn3C)-c3cc(cc(C)n3)C(=O)N=C1C2. The van der Waals surface area contributed by atoms with E-state index in [0.29, 0.717) is 36.1 Å². The van der Waals surface area contributed by atoms with Gasteiger partial charge in [0.2, 0.25) is 5.88 Å². The molecule has 176 valence electrons. The van der Waals surface area contributed by atoms with Crippen molar-refractivity contribution in [3.05, 3.63) is 53.3 Å². The number of hydrogen-bond acceptors (Lipinski definition) is 6. The number of carbonyl (C=O) groups excluding carboxylic acids is 1. The quantitative estimate of drug-likeness (QED) is 0.542. The highest BCUT2D eigenvalue weighted by Gasteiger charge is 2.31. The number of aromatic nitrogens is 3. The lowest BCUT2D eigenvalue weighted by molar-refractivity contribution is 0.100. The molecule has 0 saturated carbocycles. The number of carbonyl (C=O) groups is 1. The van der Waals surface area contributed by atoms with Crippen LogP contribution in [0.1, 0.15) is 41.4 Å². The van der Waals surface area contributed by atoms with Crippen LogP contribution in [-0.4, -0.2) is 46.8 Å². The van der Waals surface area contributed by atoms with Crippen molar-refractivity contribution in [2.45, 2.75) is 33.1 Å². The van der Waals surface area contributed by atoms with Gasteiger partial charge in [0.05, 0.1) is 36.9 Å². The zero-order chi connectivity index (χ0) is 23.8. The maximum absolute atomic E-state index is 13.4. The van der Waals surface area contributed by atoms with E-state index in [4.69, 9.17) is 9.47 Å². The van der Waals surface area contributed by atoms with Crippen molar-refractivity contribution in [2.75, 3.05) is 25.2 Å². The van der Waals surface area contributed by atoms with Crippen LogP contribution in [-0.2, 0) is 13.5 Å². The molecule has 34 heavy (non-hydrogen) atoms. The normalized spacial score (nSPS) is 18.1. The van der Waals surface area contributed by atoms with Crippen molar-refractivity contribution in [3.63, 3.8) is 0 Å². The summed E-state index contributed by atoms with van der Waals surface area (Å²) in [7, 11) is 3.53. The van der Waals surface area contributed by atoms with Gasteiger partial charge >= 0.3 is 0 Å². The van der Waals surface area contributed by atoms with E-state index in [0.717, 1.165) is 53.5 Å². The monoisotopic (exact) mass is 459 g/mol. The summed E-state index contributed by atoms with van der Waals surface area (Å²) in [5.41, 5.74) is 4.79. The van der Waals surface area contributed by atoms with E-state index in [1.807, 2.05) is 26.1 Å². The molecule has 0 unspecified atom stereocenters. The Balaban J connectivity index is 1.61. The first-order valence-electron chi connectivity index (χ1n) is 11.6. The predicted octanol–water partition coefficient (Wildman–Crippen LogP) is 4.21. The lowest BCUT2D eigenvalue weighted by Crippen LogP contribution is -2.32. The first kappa shape index (κ1) is 22.1. The minimum atomic E-state index is -0.285. The zero-order valence-electron chi connectivity index (χ0n) is 20.0. The number of benzene rings is 1. The second kappa shape index (κ2) is 8.93. The molecular formula is C26H29N5O3. The number of hydrogen-bond donors (Lipinski definition) is 0. The minimum Gasteiger partial charge on any atom is -0.495 e. The first-order valence-corrected chi connectivity index (χ1v) is 11.6. The number of aryl methyl sites for hydroxylation is 2. The largest absolute Gasteiger partial charge is 0.495 e. The van der Waals surface area contributed by atoms with Gasteiger partial charge in [-0.15, -0.1) is 0 Å². The molecule has 0 saturated heterocycles. The number of aliphatic imine (C=N–C) groups is 1. The molecule has 0 fully saturated rings. The van der Waals surface area contributed by atoms with E-state index in [2.05, 4.69) is 33.0 Å². The van der Waals surface area contributed by atoms with Crippen LogP contribution in [0.3, 0.4) is 0 Å². The number of pyridine rings is 1. The van der Waals surface area contributed by atoms with Gasteiger partial charge < -0.3 is 14.4 Å². The molecule has 2 aliphatic rings. The third-order valence-corrected chi connectivity index (χ3v) is 6.40. The van der Waals surface area contributed by atoms with Gasteiger partial charge in [-0.05, 0) is 49.4 Å². The summed E-state index contributed by atoms with van der Waals surface area (Å²) < 4.78 is 13.5. The Morgan fingerprint density at radius 1 is 1.24 bits per heavy atom. The fourth-order valence-corrected chi connectivity index (χ4v) is 4.76. The van der Waals surface area contributed by atoms with Crippen LogP contribution in [0.2, 0.25) is 0 Å². The lowest BCUT2D eigenvalue weighted by atomic mass is 10.1. The third-order valence-electron chi connectivity index (χ3n) is 6.40. The summed E-state index contributed by atoms with van der Waals surface area (Å²) in [6, 6.07) is 9.57. The van der Waals surface area contributed by atoms with Crippen molar-refractivity contribution in [1.82, 2.24) is 14.8 Å². The number of rotatable bonds is 1. The highest BCUT2D eigenvalue weighted by molar-refractivity contribution is 6.13. The molecule has 0 N–H and O–H groups in total. The fraction of sp³-hybridized carbons (Fsp3) is 0.385. The van der Waals surface area contributed by atoms with Crippen LogP contribution in [0, 0.1) is 12.8 Å². The van der Waals surface area contributed by atoms with Gasteiger partial charge in [-0.25, -0.2) is 4.68 Å². The van der Waals surface area contributed by atoms with Crippen LogP contribution in [0.5, 0.6) is 11.6 Å². The number of amides is 1. The molecule has 1 atom stereocenters. The molecule has 4 heterocycles. The molecule has 3 aromatic rings. The molecule has 5 rings (SSSR count). The zero-order valence-corrected chi connectivity index (χ0v) is 20.0. The van der Waals surface area contributed by atoms with E-state index < -0.39 is 0 Å². The van der Waals surface area contributed by atoms with Gasteiger partial charge in [0.25, 0.3) is 5.91 Å². The molecule has 1 aromatic carbocycles. The molecule has 0 radical (unpaired) electrons. The van der Waals surface area contributed by atoms with Crippen LogP contribution >= 0.6 is 0 Å². The Labute approximate surface area is 199 Å². The molecule has 0 spiro atoms. The number of nitrogens with zero attached hydrogens (tertiary/aromatic N) is 5. The summed E-state index contributed by atoms with van der Waals surface area (Å²) in [5.74, 6) is 2.28. The van der Waals surface area contributed by atoms with Crippen LogP contribution in [0.15, 0.2) is 41.5 Å². The van der Waals surface area contributed by atoms with Gasteiger partial charge in [0.1, 0.15) is 11.6 Å². The molecule has 8 heteroatoms. The van der Waals surface area contributed by atoms with Gasteiger partial charge in [-0.2, -0.15) is 10.1 Å². The molecule has 2 bridgehead atoms. The number of fused-ring (bicyclic) bond motifs is 7. The van der Waals surface area contributed by atoms with Crippen molar-refractivity contribution >= 4 is 17.4 Å². The average molecular weight is 460 g/mol. The van der Waals surface area contributed by atoms with Gasteiger partial charge in [-0.3, -0.25) is 9.78 Å². The average Bonchev–Trinajstić information content (AvgIpc) is 3.35. The molecule has 0 aliphatic carbocycles. The van der Waals surface area contributed by atoms with E-state index >= 15 is 0 Å². The lowest BCUT2D eigenvalue weighted by Gasteiger charge is -2.25. The van der Waals surface area contributed by atoms with Gasteiger partial charge in [0.15, 0.2) is 0 Å². The number of ether oxygens (including phenoxy) is 2. The first-order chi connectivity index (χ1) is 16.4. The van der Waals surface area contributed by atoms with Gasteiger partial charge in [0, 0.05) is 31.3 Å². The van der Waals surface area contributed by atoms with Crippen molar-refractivity contribution in [1.29, 1.82) is 0 Å². The van der Waals surface area contributed by atoms with E-state index in [1.54, 1.807) is 30.1 Å². The minimum absolute atomic E-state index is 0.285. The van der Waals surface area contributed by atoms with Gasteiger partial charge in [-0.1, -0.05) is 19.1 Å². The standard InChI is InChI=1S/C26H29N5O3/c1-16-7-6-10-34-26-20(14-27-30(26)3)21-12-19(11-17(2)28-21)25(32)29-23-13-18-8-5-9-22(33-4)24(18)31(23)15-16/h5,8-9,11-12,14,16H,6-7,10,13,15H2,1-4H3/t16-/m1/s1. The van der Waals surface area contributed by atoms with Crippen molar-refractivity contribution in [3.8, 4) is 22.9 Å². The summed E-state index contributed by atoms with van der Waals surface area (Å²) in [5, 5.41) is 4.36. The predicted molar refractivity (Wildman–Crippen MR) is 131 cm³/mol. The Morgan fingerprint density at radius 3 is 2.91 bits per heavy atom.